The standard InChI is InChI=1S/C14H14N6O/c1-9-12-13(15-8-16-14(12)20(2)19-9)18-17-7-10-4-3-5-11(21)6-10/h3-8,21H,1-2H3,(H,15,16,18)/b17-7+. The average molecular weight is 282 g/mol. The molecule has 7 heteroatoms. The molecule has 0 amide bonds. The minimum Gasteiger partial charge on any atom is -0.508 e. The Bertz CT molecular complexity index is 823. The lowest BCUT2D eigenvalue weighted by Gasteiger charge is -2.01. The summed E-state index contributed by atoms with van der Waals surface area (Å²) in [4.78, 5) is 8.40. The van der Waals surface area contributed by atoms with E-state index in [9.17, 15) is 5.11 Å². The number of phenolic OH excluding ortho intramolecular Hbond substituents is 1. The number of aromatic hydroxyl groups is 1. The molecular formula is C14H14N6O. The summed E-state index contributed by atoms with van der Waals surface area (Å²) in [5.74, 6) is 0.800. The molecule has 0 aliphatic carbocycles. The van der Waals surface area contributed by atoms with Crippen molar-refractivity contribution in [1.82, 2.24) is 19.7 Å². The van der Waals surface area contributed by atoms with Crippen LogP contribution in [0.4, 0.5) is 5.82 Å². The quantitative estimate of drug-likeness (QED) is 0.565. The molecule has 0 atom stereocenters. The van der Waals surface area contributed by atoms with Crippen molar-refractivity contribution in [2.24, 2.45) is 12.1 Å². The fraction of sp³-hybridized carbons (Fsp3) is 0.143. The van der Waals surface area contributed by atoms with Crippen LogP contribution in [-0.2, 0) is 7.05 Å². The topological polar surface area (TPSA) is 88.2 Å². The van der Waals surface area contributed by atoms with E-state index in [4.69, 9.17) is 0 Å². The smallest absolute Gasteiger partial charge is 0.163 e. The van der Waals surface area contributed by atoms with Gasteiger partial charge in [-0.15, -0.1) is 0 Å². The summed E-state index contributed by atoms with van der Waals surface area (Å²) in [5, 5.41) is 18.7. The third-order valence-corrected chi connectivity index (χ3v) is 3.05. The van der Waals surface area contributed by atoms with E-state index in [1.54, 1.807) is 29.1 Å². The van der Waals surface area contributed by atoms with Crippen LogP contribution in [0.2, 0.25) is 0 Å². The zero-order valence-corrected chi connectivity index (χ0v) is 11.6. The Morgan fingerprint density at radius 3 is 3.00 bits per heavy atom. The molecular weight excluding hydrogens is 268 g/mol. The molecule has 106 valence electrons. The average Bonchev–Trinajstić information content (AvgIpc) is 2.75. The van der Waals surface area contributed by atoms with E-state index in [-0.39, 0.29) is 5.75 Å². The lowest BCUT2D eigenvalue weighted by atomic mass is 10.2. The molecule has 0 saturated heterocycles. The number of aromatic nitrogens is 4. The summed E-state index contributed by atoms with van der Waals surface area (Å²) in [6.07, 6.45) is 3.08. The number of hydrazone groups is 1. The number of hydrogen-bond donors (Lipinski definition) is 2. The lowest BCUT2D eigenvalue weighted by Crippen LogP contribution is -1.97. The molecule has 0 saturated carbocycles. The van der Waals surface area contributed by atoms with Gasteiger partial charge in [-0.2, -0.15) is 10.2 Å². The van der Waals surface area contributed by atoms with Gasteiger partial charge in [0, 0.05) is 7.05 Å². The first-order chi connectivity index (χ1) is 10.1. The molecule has 0 spiro atoms. The summed E-state index contributed by atoms with van der Waals surface area (Å²) >= 11 is 0. The molecule has 2 aromatic heterocycles. The van der Waals surface area contributed by atoms with Gasteiger partial charge in [0.05, 0.1) is 17.3 Å². The van der Waals surface area contributed by atoms with Crippen molar-refractivity contribution in [2.45, 2.75) is 6.92 Å². The second-order valence-corrected chi connectivity index (χ2v) is 4.59. The van der Waals surface area contributed by atoms with Gasteiger partial charge in [0.1, 0.15) is 12.1 Å². The van der Waals surface area contributed by atoms with Gasteiger partial charge in [0.2, 0.25) is 0 Å². The molecule has 2 heterocycles. The van der Waals surface area contributed by atoms with Gasteiger partial charge in [-0.05, 0) is 24.6 Å². The molecule has 3 aromatic rings. The number of aryl methyl sites for hydroxylation is 2. The fourth-order valence-electron chi connectivity index (χ4n) is 2.13. The molecule has 3 rings (SSSR count). The van der Waals surface area contributed by atoms with Crippen molar-refractivity contribution in [1.29, 1.82) is 0 Å². The number of nitrogens with zero attached hydrogens (tertiary/aromatic N) is 5. The number of benzene rings is 1. The highest BCUT2D eigenvalue weighted by Crippen LogP contribution is 2.21. The molecule has 7 nitrogen and oxygen atoms in total. The predicted molar refractivity (Wildman–Crippen MR) is 80.4 cm³/mol. The van der Waals surface area contributed by atoms with E-state index in [0.717, 1.165) is 22.3 Å². The maximum absolute atomic E-state index is 9.40. The molecule has 1 aromatic carbocycles. The van der Waals surface area contributed by atoms with Crippen molar-refractivity contribution in [2.75, 3.05) is 5.43 Å². The van der Waals surface area contributed by atoms with Crippen LogP contribution >= 0.6 is 0 Å². The zero-order valence-electron chi connectivity index (χ0n) is 11.6. The fourth-order valence-corrected chi connectivity index (χ4v) is 2.13. The normalized spacial score (nSPS) is 11.3. The SMILES string of the molecule is Cc1nn(C)c2ncnc(N/N=C/c3cccc(O)c3)c12. The Labute approximate surface area is 121 Å². The van der Waals surface area contributed by atoms with Gasteiger partial charge >= 0.3 is 0 Å². The van der Waals surface area contributed by atoms with E-state index in [0.29, 0.717) is 5.82 Å². The van der Waals surface area contributed by atoms with Crippen molar-refractivity contribution in [3.05, 3.63) is 41.9 Å². The highest BCUT2D eigenvalue weighted by molar-refractivity contribution is 5.89. The summed E-state index contributed by atoms with van der Waals surface area (Å²) in [6.45, 7) is 1.90. The number of anilines is 1. The van der Waals surface area contributed by atoms with Gasteiger partial charge in [0.15, 0.2) is 11.5 Å². The van der Waals surface area contributed by atoms with Gasteiger partial charge in [-0.3, -0.25) is 10.1 Å². The minimum absolute atomic E-state index is 0.200. The molecule has 21 heavy (non-hydrogen) atoms. The van der Waals surface area contributed by atoms with Crippen LogP contribution in [0.1, 0.15) is 11.3 Å². The van der Waals surface area contributed by atoms with Crippen LogP contribution in [0.25, 0.3) is 11.0 Å². The van der Waals surface area contributed by atoms with Crippen LogP contribution in [0, 0.1) is 6.92 Å². The first kappa shape index (κ1) is 13.0. The number of hydrogen-bond acceptors (Lipinski definition) is 6. The third kappa shape index (κ3) is 2.53. The molecule has 0 bridgehead atoms. The first-order valence-corrected chi connectivity index (χ1v) is 6.37. The minimum atomic E-state index is 0.200. The lowest BCUT2D eigenvalue weighted by molar-refractivity contribution is 0.475. The number of phenols is 1. The molecule has 0 aliphatic rings. The van der Waals surface area contributed by atoms with Gasteiger partial charge < -0.3 is 5.11 Å². The maximum Gasteiger partial charge on any atom is 0.163 e. The Morgan fingerprint density at radius 1 is 1.33 bits per heavy atom. The third-order valence-electron chi connectivity index (χ3n) is 3.05. The van der Waals surface area contributed by atoms with E-state index >= 15 is 0 Å². The van der Waals surface area contributed by atoms with E-state index in [1.807, 2.05) is 20.0 Å². The van der Waals surface area contributed by atoms with Crippen molar-refractivity contribution in [3.8, 4) is 5.75 Å². The second-order valence-electron chi connectivity index (χ2n) is 4.59. The Hall–Kier alpha value is -2.96. The molecule has 0 fully saturated rings. The predicted octanol–water partition coefficient (Wildman–Crippen LogP) is 1.82. The van der Waals surface area contributed by atoms with Crippen LogP contribution in [0.5, 0.6) is 5.75 Å². The van der Waals surface area contributed by atoms with Crippen LogP contribution in [0.15, 0.2) is 35.7 Å². The highest BCUT2D eigenvalue weighted by Gasteiger charge is 2.11. The number of rotatable bonds is 3. The Morgan fingerprint density at radius 2 is 2.19 bits per heavy atom. The van der Waals surface area contributed by atoms with Crippen LogP contribution < -0.4 is 5.43 Å². The zero-order chi connectivity index (χ0) is 14.8. The largest absolute Gasteiger partial charge is 0.508 e. The number of nitrogens with one attached hydrogen (secondary N) is 1. The van der Waals surface area contributed by atoms with E-state index < -0.39 is 0 Å². The molecule has 0 radical (unpaired) electrons. The highest BCUT2D eigenvalue weighted by atomic mass is 16.3. The van der Waals surface area contributed by atoms with Crippen LogP contribution in [-0.4, -0.2) is 31.1 Å². The summed E-state index contributed by atoms with van der Waals surface area (Å²) in [7, 11) is 1.84. The maximum atomic E-state index is 9.40. The van der Waals surface area contributed by atoms with Crippen molar-refractivity contribution < 1.29 is 5.11 Å². The molecule has 0 aliphatic heterocycles. The molecule has 0 unspecified atom stereocenters. The van der Waals surface area contributed by atoms with Crippen molar-refractivity contribution in [3.63, 3.8) is 0 Å². The first-order valence-electron chi connectivity index (χ1n) is 6.37. The summed E-state index contributed by atoms with van der Waals surface area (Å²) in [6, 6.07) is 6.83. The van der Waals surface area contributed by atoms with Crippen molar-refractivity contribution >= 4 is 23.1 Å². The number of fused-ring (bicyclic) bond motifs is 1. The van der Waals surface area contributed by atoms with Gasteiger partial charge in [-0.1, -0.05) is 12.1 Å². The van der Waals surface area contributed by atoms with Gasteiger partial charge in [-0.25, -0.2) is 9.97 Å². The van der Waals surface area contributed by atoms with Crippen LogP contribution in [0.3, 0.4) is 0 Å². The Balaban J connectivity index is 1.89. The monoisotopic (exact) mass is 282 g/mol. The second kappa shape index (κ2) is 5.20. The summed E-state index contributed by atoms with van der Waals surface area (Å²) in [5.41, 5.74) is 5.26. The van der Waals surface area contributed by atoms with Gasteiger partial charge in [0.25, 0.3) is 0 Å². The Kier molecular flexibility index (Phi) is 3.23. The summed E-state index contributed by atoms with van der Waals surface area (Å²) < 4.78 is 1.70. The molecule has 2 N–H and O–H groups in total. The van der Waals surface area contributed by atoms with E-state index in [2.05, 4.69) is 25.6 Å². The van der Waals surface area contributed by atoms with E-state index in [1.165, 1.54) is 6.33 Å².